The molecular weight excluding hydrogens is 352 g/mol. The van der Waals surface area contributed by atoms with Gasteiger partial charge in [0.15, 0.2) is 0 Å². The standard InChI is InChI=1S/C22H22N4O2/c1-14(2)28-20-10-19-17(9-16(20)12-27)22(24-13-23-19)18-11-26(3)25-21(18)15-7-5-4-6-8-15/h4-11,13-14,27H,12H2,1-3H3. The van der Waals surface area contributed by atoms with Gasteiger partial charge in [-0.1, -0.05) is 30.3 Å². The van der Waals surface area contributed by atoms with Crippen molar-refractivity contribution >= 4 is 10.9 Å². The summed E-state index contributed by atoms with van der Waals surface area (Å²) in [5.74, 6) is 0.643. The van der Waals surface area contributed by atoms with Gasteiger partial charge in [0, 0.05) is 41.4 Å². The summed E-state index contributed by atoms with van der Waals surface area (Å²) in [5.41, 5.74) is 5.05. The van der Waals surface area contributed by atoms with E-state index in [-0.39, 0.29) is 12.7 Å². The zero-order chi connectivity index (χ0) is 19.7. The van der Waals surface area contributed by atoms with E-state index in [0.29, 0.717) is 11.3 Å². The molecule has 0 spiro atoms. The van der Waals surface area contributed by atoms with Crippen molar-refractivity contribution < 1.29 is 9.84 Å². The molecule has 0 unspecified atom stereocenters. The Balaban J connectivity index is 1.93. The molecule has 0 bridgehead atoms. The van der Waals surface area contributed by atoms with Crippen molar-refractivity contribution in [3.63, 3.8) is 0 Å². The van der Waals surface area contributed by atoms with Crippen LogP contribution in [0.4, 0.5) is 0 Å². The van der Waals surface area contributed by atoms with Gasteiger partial charge in [0.25, 0.3) is 0 Å². The van der Waals surface area contributed by atoms with E-state index < -0.39 is 0 Å². The van der Waals surface area contributed by atoms with Crippen molar-refractivity contribution in [1.29, 1.82) is 0 Å². The van der Waals surface area contributed by atoms with Gasteiger partial charge in [0.2, 0.25) is 0 Å². The molecule has 0 amide bonds. The van der Waals surface area contributed by atoms with Crippen LogP contribution in [0.5, 0.6) is 5.75 Å². The summed E-state index contributed by atoms with van der Waals surface area (Å²) in [4.78, 5) is 8.98. The molecule has 2 aromatic heterocycles. The van der Waals surface area contributed by atoms with Crippen LogP contribution in [0.3, 0.4) is 0 Å². The number of hydrogen-bond acceptors (Lipinski definition) is 5. The van der Waals surface area contributed by atoms with Gasteiger partial charge in [-0.2, -0.15) is 5.10 Å². The first-order valence-electron chi connectivity index (χ1n) is 9.21. The summed E-state index contributed by atoms with van der Waals surface area (Å²) in [6.45, 7) is 3.79. The molecule has 0 saturated heterocycles. The van der Waals surface area contributed by atoms with Gasteiger partial charge in [-0.3, -0.25) is 4.68 Å². The molecular formula is C22H22N4O2. The molecule has 0 saturated carbocycles. The molecule has 0 aliphatic carbocycles. The number of benzene rings is 2. The highest BCUT2D eigenvalue weighted by Crippen LogP contribution is 2.35. The smallest absolute Gasteiger partial charge is 0.127 e. The summed E-state index contributed by atoms with van der Waals surface area (Å²) in [6.07, 6.45) is 3.52. The van der Waals surface area contributed by atoms with Gasteiger partial charge in [-0.15, -0.1) is 0 Å². The third-order valence-electron chi connectivity index (χ3n) is 4.48. The lowest BCUT2D eigenvalue weighted by atomic mass is 10.0. The molecule has 0 atom stereocenters. The van der Waals surface area contributed by atoms with Crippen molar-refractivity contribution in [3.8, 4) is 28.3 Å². The van der Waals surface area contributed by atoms with Crippen molar-refractivity contribution in [2.45, 2.75) is 26.6 Å². The Morgan fingerprint density at radius 1 is 1.07 bits per heavy atom. The molecule has 6 nitrogen and oxygen atoms in total. The third kappa shape index (κ3) is 3.34. The van der Waals surface area contributed by atoms with E-state index in [1.165, 1.54) is 0 Å². The minimum Gasteiger partial charge on any atom is -0.491 e. The lowest BCUT2D eigenvalue weighted by Crippen LogP contribution is -2.08. The molecule has 0 radical (unpaired) electrons. The second kappa shape index (κ2) is 7.40. The summed E-state index contributed by atoms with van der Waals surface area (Å²) >= 11 is 0. The van der Waals surface area contributed by atoms with Crippen LogP contribution in [0.1, 0.15) is 19.4 Å². The first-order chi connectivity index (χ1) is 13.6. The zero-order valence-electron chi connectivity index (χ0n) is 16.1. The summed E-state index contributed by atoms with van der Waals surface area (Å²) in [5, 5.41) is 15.4. The Morgan fingerprint density at radius 2 is 1.86 bits per heavy atom. The predicted molar refractivity (Wildman–Crippen MR) is 109 cm³/mol. The fourth-order valence-electron chi connectivity index (χ4n) is 3.30. The van der Waals surface area contributed by atoms with Crippen LogP contribution in [0.15, 0.2) is 55.0 Å². The summed E-state index contributed by atoms with van der Waals surface area (Å²) in [7, 11) is 1.90. The van der Waals surface area contributed by atoms with Crippen LogP contribution in [0.25, 0.3) is 33.4 Å². The summed E-state index contributed by atoms with van der Waals surface area (Å²) < 4.78 is 7.64. The first kappa shape index (κ1) is 18.1. The number of hydrogen-bond donors (Lipinski definition) is 1. The number of nitrogens with zero attached hydrogens (tertiary/aromatic N) is 4. The topological polar surface area (TPSA) is 73.1 Å². The third-order valence-corrected chi connectivity index (χ3v) is 4.48. The van der Waals surface area contributed by atoms with E-state index in [1.54, 1.807) is 11.0 Å². The number of aliphatic hydroxyl groups excluding tert-OH is 1. The molecule has 0 aliphatic heterocycles. The van der Waals surface area contributed by atoms with Gasteiger partial charge in [-0.25, -0.2) is 9.97 Å². The molecule has 28 heavy (non-hydrogen) atoms. The average Bonchev–Trinajstić information content (AvgIpc) is 3.08. The average molecular weight is 374 g/mol. The van der Waals surface area contributed by atoms with Crippen LogP contribution in [0.2, 0.25) is 0 Å². The van der Waals surface area contributed by atoms with Gasteiger partial charge in [0.05, 0.1) is 23.9 Å². The number of aromatic nitrogens is 4. The SMILES string of the molecule is CC(C)Oc1cc2ncnc(-c3cn(C)nc3-c3ccccc3)c2cc1CO. The van der Waals surface area contributed by atoms with Gasteiger partial charge >= 0.3 is 0 Å². The quantitative estimate of drug-likeness (QED) is 0.572. The molecule has 2 heterocycles. The minimum atomic E-state index is -0.120. The van der Waals surface area contributed by atoms with Crippen molar-refractivity contribution in [2.75, 3.05) is 0 Å². The fraction of sp³-hybridized carbons (Fsp3) is 0.227. The molecule has 4 aromatic rings. The Hall–Kier alpha value is -3.25. The van der Waals surface area contributed by atoms with E-state index in [2.05, 4.69) is 15.1 Å². The minimum absolute atomic E-state index is 0.00654. The van der Waals surface area contributed by atoms with E-state index in [4.69, 9.17) is 4.74 Å². The fourth-order valence-corrected chi connectivity index (χ4v) is 3.30. The lowest BCUT2D eigenvalue weighted by molar-refractivity contribution is 0.226. The monoisotopic (exact) mass is 374 g/mol. The second-order valence-corrected chi connectivity index (χ2v) is 6.96. The Labute approximate surface area is 163 Å². The van der Waals surface area contributed by atoms with Crippen molar-refractivity contribution in [1.82, 2.24) is 19.7 Å². The number of aliphatic hydroxyl groups is 1. The number of fused-ring (bicyclic) bond motifs is 1. The molecule has 0 aliphatic rings. The predicted octanol–water partition coefficient (Wildman–Crippen LogP) is 3.98. The van der Waals surface area contributed by atoms with E-state index in [0.717, 1.165) is 33.4 Å². The zero-order valence-corrected chi connectivity index (χ0v) is 16.1. The maximum atomic E-state index is 9.85. The highest BCUT2D eigenvalue weighted by Gasteiger charge is 2.18. The Bertz CT molecular complexity index is 1120. The van der Waals surface area contributed by atoms with Crippen LogP contribution in [-0.4, -0.2) is 31.0 Å². The summed E-state index contributed by atoms with van der Waals surface area (Å²) in [6, 6.07) is 13.8. The number of ether oxygens (including phenoxy) is 1. The first-order valence-corrected chi connectivity index (χ1v) is 9.21. The highest BCUT2D eigenvalue weighted by atomic mass is 16.5. The Morgan fingerprint density at radius 3 is 2.57 bits per heavy atom. The molecule has 0 fully saturated rings. The maximum absolute atomic E-state index is 9.85. The van der Waals surface area contributed by atoms with E-state index in [9.17, 15) is 5.11 Å². The largest absolute Gasteiger partial charge is 0.491 e. The maximum Gasteiger partial charge on any atom is 0.127 e. The van der Waals surface area contributed by atoms with E-state index >= 15 is 0 Å². The van der Waals surface area contributed by atoms with Gasteiger partial charge < -0.3 is 9.84 Å². The van der Waals surface area contributed by atoms with Gasteiger partial charge in [0.1, 0.15) is 17.8 Å². The highest BCUT2D eigenvalue weighted by molar-refractivity contribution is 5.96. The van der Waals surface area contributed by atoms with Crippen LogP contribution in [0, 0.1) is 0 Å². The van der Waals surface area contributed by atoms with Crippen LogP contribution >= 0.6 is 0 Å². The molecule has 1 N–H and O–H groups in total. The lowest BCUT2D eigenvalue weighted by Gasteiger charge is -2.15. The van der Waals surface area contributed by atoms with Crippen molar-refractivity contribution in [3.05, 3.63) is 60.6 Å². The molecule has 2 aromatic carbocycles. The van der Waals surface area contributed by atoms with E-state index in [1.807, 2.05) is 69.6 Å². The molecule has 4 rings (SSSR count). The molecule has 6 heteroatoms. The number of aryl methyl sites for hydroxylation is 1. The normalized spacial score (nSPS) is 11.3. The van der Waals surface area contributed by atoms with Crippen LogP contribution in [-0.2, 0) is 13.7 Å². The molecule has 142 valence electrons. The second-order valence-electron chi connectivity index (χ2n) is 6.96. The van der Waals surface area contributed by atoms with Gasteiger partial charge in [-0.05, 0) is 19.9 Å². The van der Waals surface area contributed by atoms with Crippen molar-refractivity contribution in [2.24, 2.45) is 7.05 Å². The number of rotatable bonds is 5. The van der Waals surface area contributed by atoms with Crippen LogP contribution < -0.4 is 4.74 Å². The Kier molecular flexibility index (Phi) is 4.79.